The van der Waals surface area contributed by atoms with Crippen molar-refractivity contribution in [1.82, 2.24) is 10.6 Å². The van der Waals surface area contributed by atoms with Crippen LogP contribution in [0.3, 0.4) is 0 Å². The molecule has 0 aliphatic rings. The Kier molecular flexibility index (Phi) is 6.77. The van der Waals surface area contributed by atoms with Crippen LogP contribution in [0.4, 0.5) is 9.18 Å². The summed E-state index contributed by atoms with van der Waals surface area (Å²) in [5.74, 6) is -0.310. The van der Waals surface area contributed by atoms with Gasteiger partial charge in [-0.3, -0.25) is 0 Å². The maximum Gasteiger partial charge on any atom is 0.315 e. The second-order valence-electron chi connectivity index (χ2n) is 5.73. The number of carbonyl (C=O) groups is 1. The van der Waals surface area contributed by atoms with Gasteiger partial charge in [-0.05, 0) is 36.6 Å². The maximum absolute atomic E-state index is 13.7. The zero-order valence-corrected chi connectivity index (χ0v) is 14.3. The molecule has 0 aliphatic carbocycles. The minimum atomic E-state index is -0.630. The average molecular weight is 346 g/mol. The molecule has 0 saturated heterocycles. The summed E-state index contributed by atoms with van der Waals surface area (Å²) >= 11 is 0. The molecule has 0 aromatic heterocycles. The van der Waals surface area contributed by atoms with Crippen LogP contribution in [0.15, 0.2) is 48.5 Å². The summed E-state index contributed by atoms with van der Waals surface area (Å²) in [5.41, 5.74) is 1.45. The third kappa shape index (κ3) is 5.46. The van der Waals surface area contributed by atoms with E-state index >= 15 is 0 Å². The third-order valence-corrected chi connectivity index (χ3v) is 3.91. The summed E-state index contributed by atoms with van der Waals surface area (Å²) < 4.78 is 18.6. The first-order valence-electron chi connectivity index (χ1n) is 8.12. The minimum Gasteiger partial charge on any atom is -0.494 e. The standard InChI is InChI=1S/C19H23FN2O3/c1-13(15-8-9-18(25-2)16(20)12-15)22-19(24)21-11-10-17(23)14-6-4-3-5-7-14/h3-9,12-13,17,23H,10-11H2,1-2H3,(H2,21,22,24). The Morgan fingerprint density at radius 3 is 2.56 bits per heavy atom. The molecule has 2 amide bonds. The van der Waals surface area contributed by atoms with Gasteiger partial charge in [0.05, 0.1) is 19.3 Å². The fraction of sp³-hybridized carbons (Fsp3) is 0.316. The van der Waals surface area contributed by atoms with Crippen LogP contribution in [0.25, 0.3) is 0 Å². The number of carbonyl (C=O) groups excluding carboxylic acids is 1. The van der Waals surface area contributed by atoms with E-state index in [1.807, 2.05) is 30.3 Å². The number of hydrogen-bond donors (Lipinski definition) is 3. The quantitative estimate of drug-likeness (QED) is 0.720. The lowest BCUT2D eigenvalue weighted by Gasteiger charge is -2.17. The van der Waals surface area contributed by atoms with Crippen molar-refractivity contribution >= 4 is 6.03 Å². The highest BCUT2D eigenvalue weighted by Gasteiger charge is 2.13. The fourth-order valence-corrected chi connectivity index (χ4v) is 2.45. The summed E-state index contributed by atoms with van der Waals surface area (Å²) in [5, 5.41) is 15.5. The van der Waals surface area contributed by atoms with Gasteiger partial charge in [0.2, 0.25) is 0 Å². The van der Waals surface area contributed by atoms with Crippen LogP contribution in [0.5, 0.6) is 5.75 Å². The smallest absolute Gasteiger partial charge is 0.315 e. The van der Waals surface area contributed by atoms with Crippen LogP contribution in [0, 0.1) is 5.82 Å². The number of benzene rings is 2. The predicted octanol–water partition coefficient (Wildman–Crippen LogP) is 3.32. The maximum atomic E-state index is 13.7. The van der Waals surface area contributed by atoms with Crippen molar-refractivity contribution in [3.63, 3.8) is 0 Å². The van der Waals surface area contributed by atoms with Crippen LogP contribution in [0.2, 0.25) is 0 Å². The number of nitrogens with one attached hydrogen (secondary N) is 2. The zero-order chi connectivity index (χ0) is 18.2. The summed E-state index contributed by atoms with van der Waals surface area (Å²) in [7, 11) is 1.40. The molecule has 0 heterocycles. The highest BCUT2D eigenvalue weighted by Crippen LogP contribution is 2.21. The lowest BCUT2D eigenvalue weighted by molar-refractivity contribution is 0.166. The SMILES string of the molecule is COc1ccc(C(C)NC(=O)NCCC(O)c2ccccc2)cc1F. The van der Waals surface area contributed by atoms with Crippen LogP contribution in [-0.4, -0.2) is 24.8 Å². The van der Waals surface area contributed by atoms with E-state index in [-0.39, 0.29) is 17.8 Å². The van der Waals surface area contributed by atoms with Crippen LogP contribution in [-0.2, 0) is 0 Å². The number of aliphatic hydroxyl groups excluding tert-OH is 1. The van der Waals surface area contributed by atoms with Crippen molar-refractivity contribution in [3.8, 4) is 5.75 Å². The van der Waals surface area contributed by atoms with Gasteiger partial charge in [0, 0.05) is 6.54 Å². The van der Waals surface area contributed by atoms with E-state index in [0.717, 1.165) is 5.56 Å². The number of methoxy groups -OCH3 is 1. The number of hydrogen-bond acceptors (Lipinski definition) is 3. The van der Waals surface area contributed by atoms with Crippen molar-refractivity contribution < 1.29 is 19.0 Å². The van der Waals surface area contributed by atoms with Crippen molar-refractivity contribution in [1.29, 1.82) is 0 Å². The molecule has 134 valence electrons. The second-order valence-corrected chi connectivity index (χ2v) is 5.73. The Morgan fingerprint density at radius 1 is 1.20 bits per heavy atom. The molecule has 3 N–H and O–H groups in total. The number of urea groups is 1. The highest BCUT2D eigenvalue weighted by atomic mass is 19.1. The van der Waals surface area contributed by atoms with Gasteiger partial charge >= 0.3 is 6.03 Å². The van der Waals surface area contributed by atoms with Gasteiger partial charge in [0.1, 0.15) is 0 Å². The molecule has 0 aliphatic heterocycles. The van der Waals surface area contributed by atoms with Crippen molar-refractivity contribution in [3.05, 3.63) is 65.5 Å². The van der Waals surface area contributed by atoms with Crippen LogP contribution in [0.1, 0.15) is 36.6 Å². The summed E-state index contributed by atoms with van der Waals surface area (Å²) in [4.78, 5) is 11.9. The van der Waals surface area contributed by atoms with Crippen LogP contribution < -0.4 is 15.4 Å². The largest absolute Gasteiger partial charge is 0.494 e. The number of ether oxygens (including phenoxy) is 1. The molecule has 0 saturated carbocycles. The summed E-state index contributed by atoms with van der Waals surface area (Å²) in [6.07, 6.45) is -0.224. The first-order chi connectivity index (χ1) is 12.0. The molecule has 0 radical (unpaired) electrons. The molecule has 6 heteroatoms. The zero-order valence-electron chi connectivity index (χ0n) is 14.3. The number of halogens is 1. The van der Waals surface area contributed by atoms with Crippen LogP contribution >= 0.6 is 0 Å². The Bertz CT molecular complexity index is 694. The summed E-state index contributed by atoms with van der Waals surface area (Å²) in [6, 6.07) is 13.1. The number of rotatable bonds is 7. The molecule has 0 bridgehead atoms. The Morgan fingerprint density at radius 2 is 1.92 bits per heavy atom. The van der Waals surface area contributed by atoms with Gasteiger partial charge in [-0.1, -0.05) is 36.4 Å². The molecular weight excluding hydrogens is 323 g/mol. The molecule has 2 aromatic carbocycles. The predicted molar refractivity (Wildman–Crippen MR) is 93.9 cm³/mol. The molecule has 2 aromatic rings. The first-order valence-corrected chi connectivity index (χ1v) is 8.12. The van der Waals surface area contributed by atoms with E-state index in [9.17, 15) is 14.3 Å². The van der Waals surface area contributed by atoms with E-state index in [2.05, 4.69) is 10.6 Å². The molecule has 2 atom stereocenters. The topological polar surface area (TPSA) is 70.6 Å². The monoisotopic (exact) mass is 346 g/mol. The number of aliphatic hydroxyl groups is 1. The van der Waals surface area contributed by atoms with Gasteiger partial charge in [-0.2, -0.15) is 0 Å². The molecule has 5 nitrogen and oxygen atoms in total. The Labute approximate surface area is 146 Å². The lowest BCUT2D eigenvalue weighted by atomic mass is 10.1. The first kappa shape index (κ1) is 18.7. The molecule has 25 heavy (non-hydrogen) atoms. The fourth-order valence-electron chi connectivity index (χ4n) is 2.45. The van der Waals surface area contributed by atoms with E-state index in [1.54, 1.807) is 13.0 Å². The molecule has 0 fully saturated rings. The molecule has 2 unspecified atom stereocenters. The highest BCUT2D eigenvalue weighted by molar-refractivity contribution is 5.74. The van der Waals surface area contributed by atoms with Crippen molar-refractivity contribution in [2.24, 2.45) is 0 Å². The Balaban J connectivity index is 1.79. The number of amides is 2. The van der Waals surface area contributed by atoms with E-state index in [1.165, 1.54) is 19.2 Å². The van der Waals surface area contributed by atoms with Gasteiger partial charge in [-0.15, -0.1) is 0 Å². The van der Waals surface area contributed by atoms with Gasteiger partial charge < -0.3 is 20.5 Å². The van der Waals surface area contributed by atoms with Crippen molar-refractivity contribution in [2.45, 2.75) is 25.5 Å². The van der Waals surface area contributed by atoms with Gasteiger partial charge in [0.15, 0.2) is 11.6 Å². The summed E-state index contributed by atoms with van der Waals surface area (Å²) in [6.45, 7) is 2.09. The molecular formula is C19H23FN2O3. The lowest BCUT2D eigenvalue weighted by Crippen LogP contribution is -2.37. The normalized spacial score (nSPS) is 13.0. The van der Waals surface area contributed by atoms with Gasteiger partial charge in [-0.25, -0.2) is 9.18 Å². The Hall–Kier alpha value is -2.60. The second kappa shape index (κ2) is 9.03. The molecule has 0 spiro atoms. The van der Waals surface area contributed by atoms with E-state index in [0.29, 0.717) is 18.5 Å². The average Bonchev–Trinajstić information content (AvgIpc) is 2.62. The third-order valence-electron chi connectivity index (χ3n) is 3.91. The minimum absolute atomic E-state index is 0.162. The molecule has 2 rings (SSSR count). The van der Waals surface area contributed by atoms with Crippen molar-refractivity contribution in [2.75, 3.05) is 13.7 Å². The van der Waals surface area contributed by atoms with E-state index < -0.39 is 11.9 Å². The van der Waals surface area contributed by atoms with Gasteiger partial charge in [0.25, 0.3) is 0 Å². The van der Waals surface area contributed by atoms with E-state index in [4.69, 9.17) is 4.74 Å².